The van der Waals surface area contributed by atoms with E-state index in [1.54, 1.807) is 0 Å². The molecule has 4 bridgehead atoms. The summed E-state index contributed by atoms with van der Waals surface area (Å²) in [7, 11) is 0. The number of para-hydroxylation sites is 2. The Kier molecular flexibility index (Phi) is 6.89. The van der Waals surface area contributed by atoms with Crippen LogP contribution >= 0.6 is 11.8 Å². The van der Waals surface area contributed by atoms with Crippen molar-refractivity contribution in [3.8, 4) is 0 Å². The average Bonchev–Trinajstić information content (AvgIpc) is 3.25. The van der Waals surface area contributed by atoms with Crippen LogP contribution in [0.15, 0.2) is 180 Å². The van der Waals surface area contributed by atoms with Gasteiger partial charge in [-0.05, 0) is 138 Å². The Morgan fingerprint density at radius 2 is 1.00 bits per heavy atom. The van der Waals surface area contributed by atoms with Gasteiger partial charge in [-0.3, -0.25) is 0 Å². The predicted molar refractivity (Wildman–Crippen MR) is 238 cm³/mol. The fourth-order valence-electron chi connectivity index (χ4n) is 13.4. The van der Waals surface area contributed by atoms with Gasteiger partial charge in [0.05, 0.1) is 5.41 Å². The van der Waals surface area contributed by atoms with Gasteiger partial charge < -0.3 is 9.80 Å². The number of hydrogen-bond acceptors (Lipinski definition) is 3. The SMILES string of the molecule is c1ccc(N(c2ccccc2)c2cc3c4c(c2)N(C25CC6CC(CC(C6)C2)C5)c2cccc5c2B4c2c(cccc2C5(c2ccccc2)c2ccccc2)S3)cc1. The minimum atomic E-state index is -0.449. The highest BCUT2D eigenvalue weighted by atomic mass is 32.2. The Labute approximate surface area is 340 Å². The molecule has 0 atom stereocenters. The van der Waals surface area contributed by atoms with Gasteiger partial charge in [0.15, 0.2) is 0 Å². The first-order valence-electron chi connectivity index (χ1n) is 21.1. The van der Waals surface area contributed by atoms with Gasteiger partial charge in [0.25, 0.3) is 0 Å². The van der Waals surface area contributed by atoms with Crippen LogP contribution in [0.3, 0.4) is 0 Å². The molecule has 14 rings (SSSR count). The van der Waals surface area contributed by atoms with Gasteiger partial charge in [-0.1, -0.05) is 139 Å². The molecule has 3 heterocycles. The lowest BCUT2D eigenvalue weighted by atomic mass is 9.29. The van der Waals surface area contributed by atoms with Gasteiger partial charge in [-0.2, -0.15) is 0 Å². The average molecular weight is 751 g/mol. The van der Waals surface area contributed by atoms with Gasteiger partial charge in [0, 0.05) is 43.8 Å². The molecule has 274 valence electrons. The molecule has 0 spiro atoms. The molecular formula is C53H43BN2S. The van der Waals surface area contributed by atoms with E-state index in [9.17, 15) is 0 Å². The largest absolute Gasteiger partial charge is 0.336 e. The van der Waals surface area contributed by atoms with Gasteiger partial charge in [0.1, 0.15) is 0 Å². The van der Waals surface area contributed by atoms with Crippen LogP contribution in [0.4, 0.5) is 28.4 Å². The highest BCUT2D eigenvalue weighted by Crippen LogP contribution is 2.62. The second kappa shape index (κ2) is 12.0. The quantitative estimate of drug-likeness (QED) is 0.156. The van der Waals surface area contributed by atoms with E-state index < -0.39 is 5.41 Å². The zero-order chi connectivity index (χ0) is 37.3. The summed E-state index contributed by atoms with van der Waals surface area (Å²) < 4.78 is 0. The molecule has 7 aromatic rings. The van der Waals surface area contributed by atoms with Crippen LogP contribution in [0, 0.1) is 17.8 Å². The van der Waals surface area contributed by atoms with Crippen LogP contribution in [-0.2, 0) is 5.41 Å². The molecule has 0 radical (unpaired) electrons. The summed E-state index contributed by atoms with van der Waals surface area (Å²) in [5.74, 6) is 2.48. The number of nitrogens with zero attached hydrogens (tertiary/aromatic N) is 2. The van der Waals surface area contributed by atoms with Crippen LogP contribution in [0.2, 0.25) is 0 Å². The highest BCUT2D eigenvalue weighted by Gasteiger charge is 2.59. The topological polar surface area (TPSA) is 6.48 Å². The normalized spacial score (nSPS) is 23.6. The Bertz CT molecular complexity index is 2600. The summed E-state index contributed by atoms with van der Waals surface area (Å²) in [5.41, 5.74) is 16.3. The molecule has 0 saturated heterocycles. The van der Waals surface area contributed by atoms with Gasteiger partial charge in [-0.15, -0.1) is 0 Å². The second-order valence-corrected chi connectivity index (χ2v) is 18.9. The number of anilines is 5. The molecule has 0 aromatic heterocycles. The van der Waals surface area contributed by atoms with Crippen LogP contribution in [-0.4, -0.2) is 12.3 Å². The molecule has 7 aliphatic rings. The number of benzene rings is 7. The lowest BCUT2D eigenvalue weighted by Gasteiger charge is -2.63. The van der Waals surface area contributed by atoms with Crippen molar-refractivity contribution >= 4 is 63.3 Å². The number of hydrogen-bond donors (Lipinski definition) is 0. The molecule has 2 nitrogen and oxygen atoms in total. The zero-order valence-corrected chi connectivity index (χ0v) is 32.8. The summed E-state index contributed by atoms with van der Waals surface area (Å²) in [4.78, 5) is 8.27. The van der Waals surface area contributed by atoms with E-state index in [1.807, 2.05) is 11.8 Å². The third kappa shape index (κ3) is 4.46. The standard InChI is InChI=1S/C53H43BN2S/c1-5-15-38(16-6-1)53(39-17-7-2-8-18-39)43-23-13-25-45-49(43)54-50-44(53)24-14-26-47(50)57-48-31-42(55(40-19-9-3-10-20-40)41-21-11-4-12-22-41)30-46(51(48)54)56(45)52-32-35-27-36(33-52)29-37(28-35)34-52/h1-26,30-31,35-37H,27-29,32-34H2. The van der Waals surface area contributed by atoms with Crippen molar-refractivity contribution < 1.29 is 0 Å². The summed E-state index contributed by atoms with van der Waals surface area (Å²) >= 11 is 2.01. The van der Waals surface area contributed by atoms with E-state index in [4.69, 9.17) is 0 Å². The first kappa shape index (κ1) is 32.6. The van der Waals surface area contributed by atoms with E-state index in [-0.39, 0.29) is 12.3 Å². The van der Waals surface area contributed by atoms with Crippen molar-refractivity contribution in [2.24, 2.45) is 17.8 Å². The van der Waals surface area contributed by atoms with Gasteiger partial charge >= 0.3 is 0 Å². The molecule has 4 heteroatoms. The van der Waals surface area contributed by atoms with Crippen LogP contribution in [0.25, 0.3) is 0 Å². The molecular weight excluding hydrogens is 707 g/mol. The van der Waals surface area contributed by atoms with Crippen molar-refractivity contribution in [3.05, 3.63) is 192 Å². The van der Waals surface area contributed by atoms with Crippen LogP contribution < -0.4 is 26.2 Å². The summed E-state index contributed by atoms with van der Waals surface area (Å²) in [6, 6.07) is 64.6. The monoisotopic (exact) mass is 750 g/mol. The second-order valence-electron chi connectivity index (χ2n) is 17.8. The third-order valence-corrected chi connectivity index (χ3v) is 15.9. The molecule has 4 saturated carbocycles. The minimum absolute atomic E-state index is 0.107. The summed E-state index contributed by atoms with van der Waals surface area (Å²) in [5, 5.41) is 0. The maximum Gasteiger partial charge on any atom is 0.250 e. The molecule has 3 aliphatic heterocycles. The van der Waals surface area contributed by atoms with Crippen molar-refractivity contribution in [2.75, 3.05) is 9.80 Å². The lowest BCUT2D eigenvalue weighted by molar-refractivity contribution is 0.000622. The first-order valence-corrected chi connectivity index (χ1v) is 22.0. The molecule has 57 heavy (non-hydrogen) atoms. The molecule has 0 amide bonds. The van der Waals surface area contributed by atoms with Crippen molar-refractivity contribution in [1.29, 1.82) is 0 Å². The summed E-state index contributed by atoms with van der Waals surface area (Å²) in [6.45, 7) is 0.162. The maximum atomic E-state index is 2.99. The Hall–Kier alpha value is -5.45. The van der Waals surface area contributed by atoms with E-state index in [1.165, 1.54) is 115 Å². The maximum absolute atomic E-state index is 2.99. The van der Waals surface area contributed by atoms with E-state index >= 15 is 0 Å². The van der Waals surface area contributed by atoms with Crippen molar-refractivity contribution in [3.63, 3.8) is 0 Å². The molecule has 0 N–H and O–H groups in total. The molecule has 7 aromatic carbocycles. The molecule has 4 fully saturated rings. The predicted octanol–water partition coefficient (Wildman–Crippen LogP) is 11.3. The van der Waals surface area contributed by atoms with E-state index in [0.29, 0.717) is 0 Å². The van der Waals surface area contributed by atoms with Crippen LogP contribution in [0.1, 0.15) is 60.8 Å². The Balaban J connectivity index is 1.15. The molecule has 0 unspecified atom stereocenters. The highest BCUT2D eigenvalue weighted by molar-refractivity contribution is 8.00. The molecule has 4 aliphatic carbocycles. The van der Waals surface area contributed by atoms with E-state index in [2.05, 4.69) is 180 Å². The van der Waals surface area contributed by atoms with Gasteiger partial charge in [-0.25, -0.2) is 0 Å². The third-order valence-electron chi connectivity index (χ3n) is 14.8. The summed E-state index contributed by atoms with van der Waals surface area (Å²) in [6.07, 6.45) is 8.16. The Morgan fingerprint density at radius 1 is 0.474 bits per heavy atom. The first-order chi connectivity index (χ1) is 28.2. The lowest BCUT2D eigenvalue weighted by Crippen LogP contribution is -2.70. The fraction of sp³-hybridized carbons (Fsp3) is 0.208. The zero-order valence-electron chi connectivity index (χ0n) is 32.0. The van der Waals surface area contributed by atoms with Gasteiger partial charge in [0.2, 0.25) is 6.71 Å². The smallest absolute Gasteiger partial charge is 0.250 e. The van der Waals surface area contributed by atoms with Crippen molar-refractivity contribution in [1.82, 2.24) is 0 Å². The van der Waals surface area contributed by atoms with E-state index in [0.717, 1.165) is 17.8 Å². The fourth-order valence-corrected chi connectivity index (χ4v) is 14.6. The number of rotatable bonds is 6. The minimum Gasteiger partial charge on any atom is -0.336 e. The van der Waals surface area contributed by atoms with Crippen LogP contribution in [0.5, 0.6) is 0 Å². The Morgan fingerprint density at radius 3 is 1.58 bits per heavy atom. The van der Waals surface area contributed by atoms with Crippen molar-refractivity contribution in [2.45, 2.75) is 59.3 Å².